The van der Waals surface area contributed by atoms with Crippen molar-refractivity contribution in [2.75, 3.05) is 33.7 Å². The van der Waals surface area contributed by atoms with E-state index in [0.717, 1.165) is 12.0 Å². The van der Waals surface area contributed by atoms with E-state index >= 15 is 0 Å². The lowest BCUT2D eigenvalue weighted by atomic mass is 10.1. The van der Waals surface area contributed by atoms with E-state index in [-0.39, 0.29) is 24.3 Å². The number of ether oxygens (including phenoxy) is 1. The summed E-state index contributed by atoms with van der Waals surface area (Å²) in [6.45, 7) is 5.96. The maximum Gasteiger partial charge on any atom is 0.317 e. The van der Waals surface area contributed by atoms with Gasteiger partial charge in [0.05, 0.1) is 24.4 Å². The van der Waals surface area contributed by atoms with Gasteiger partial charge in [-0.3, -0.25) is 4.68 Å². The van der Waals surface area contributed by atoms with Crippen LogP contribution in [0.2, 0.25) is 0 Å². The highest BCUT2D eigenvalue weighted by molar-refractivity contribution is 5.74. The smallest absolute Gasteiger partial charge is 0.317 e. The van der Waals surface area contributed by atoms with Crippen molar-refractivity contribution in [3.05, 3.63) is 18.0 Å². The molecule has 0 radical (unpaired) electrons. The molecule has 1 N–H and O–H groups in total. The van der Waals surface area contributed by atoms with Gasteiger partial charge < -0.3 is 19.9 Å². The molecule has 1 aromatic heterocycles. The molecule has 0 bridgehead atoms. The number of nitrogens with zero attached hydrogens (tertiary/aromatic N) is 4. The Morgan fingerprint density at radius 3 is 2.83 bits per heavy atom. The number of aryl methyl sites for hydroxylation is 1. The van der Waals surface area contributed by atoms with Crippen LogP contribution in [0, 0.1) is 0 Å². The summed E-state index contributed by atoms with van der Waals surface area (Å²) in [7, 11) is 5.91. The van der Waals surface area contributed by atoms with Crippen LogP contribution >= 0.6 is 0 Å². The number of hydrogen-bond acceptors (Lipinski definition) is 4. The maximum atomic E-state index is 12.5. The molecule has 7 heteroatoms. The lowest BCUT2D eigenvalue weighted by Crippen LogP contribution is -2.53. The lowest BCUT2D eigenvalue weighted by Gasteiger charge is -2.36. The first-order valence-corrected chi connectivity index (χ1v) is 8.23. The van der Waals surface area contributed by atoms with E-state index in [1.807, 2.05) is 45.4 Å². The molecule has 1 aromatic rings. The average Bonchev–Trinajstić information content (AvgIpc) is 2.92. The van der Waals surface area contributed by atoms with E-state index in [9.17, 15) is 4.79 Å². The number of likely N-dealkylation sites (N-methyl/N-ethyl adjacent to an activating group) is 1. The van der Waals surface area contributed by atoms with Gasteiger partial charge in [-0.25, -0.2) is 4.79 Å². The zero-order valence-corrected chi connectivity index (χ0v) is 14.8. The fourth-order valence-electron chi connectivity index (χ4n) is 2.94. The standard InChI is InChI=1S/C16H29N5O2/c1-6-14-11-21(9-12(2)23-14)16(22)17-8-15(19(3)4)13-7-18-20(5)10-13/h7,10,12,14-15H,6,8-9,11H2,1-5H3,(H,17,22)/t12-,14-,15-/m1/s1. The monoisotopic (exact) mass is 323 g/mol. The number of nitrogens with one attached hydrogen (secondary N) is 1. The zero-order chi connectivity index (χ0) is 17.0. The first-order chi connectivity index (χ1) is 10.9. The van der Waals surface area contributed by atoms with Crippen LogP contribution < -0.4 is 5.32 Å². The molecule has 1 aliphatic heterocycles. The molecular weight excluding hydrogens is 294 g/mol. The van der Waals surface area contributed by atoms with E-state index in [1.54, 1.807) is 4.68 Å². The number of morpholine rings is 1. The lowest BCUT2D eigenvalue weighted by molar-refractivity contribution is -0.0646. The minimum atomic E-state index is -0.0191. The molecule has 1 aliphatic rings. The highest BCUT2D eigenvalue weighted by atomic mass is 16.5. The van der Waals surface area contributed by atoms with E-state index < -0.39 is 0 Å². The molecule has 0 saturated carbocycles. The molecule has 0 aliphatic carbocycles. The van der Waals surface area contributed by atoms with Gasteiger partial charge in [0.2, 0.25) is 0 Å². The van der Waals surface area contributed by atoms with Gasteiger partial charge in [-0.1, -0.05) is 6.92 Å². The molecule has 7 nitrogen and oxygen atoms in total. The number of carbonyl (C=O) groups excluding carboxylic acids is 1. The number of aromatic nitrogens is 2. The number of rotatable bonds is 5. The topological polar surface area (TPSA) is 62.6 Å². The number of hydrogen-bond donors (Lipinski definition) is 1. The summed E-state index contributed by atoms with van der Waals surface area (Å²) in [5.41, 5.74) is 1.10. The van der Waals surface area contributed by atoms with Crippen molar-refractivity contribution >= 4 is 6.03 Å². The Bertz CT molecular complexity index is 516. The minimum Gasteiger partial charge on any atom is -0.372 e. The highest BCUT2D eigenvalue weighted by Crippen LogP contribution is 2.17. The molecule has 0 aromatic carbocycles. The van der Waals surface area contributed by atoms with Gasteiger partial charge in [0.1, 0.15) is 0 Å². The van der Waals surface area contributed by atoms with Crippen molar-refractivity contribution in [2.24, 2.45) is 7.05 Å². The van der Waals surface area contributed by atoms with Crippen LogP contribution in [0.3, 0.4) is 0 Å². The summed E-state index contributed by atoms with van der Waals surface area (Å²) in [6.07, 6.45) is 4.97. The second-order valence-corrected chi connectivity index (χ2v) is 6.49. The molecule has 3 atom stereocenters. The summed E-state index contributed by atoms with van der Waals surface area (Å²) in [5, 5.41) is 7.28. The second-order valence-electron chi connectivity index (χ2n) is 6.49. The number of amides is 2. The minimum absolute atomic E-state index is 0.0191. The third-order valence-corrected chi connectivity index (χ3v) is 4.25. The molecule has 0 spiro atoms. The van der Waals surface area contributed by atoms with Crippen molar-refractivity contribution in [2.45, 2.75) is 38.5 Å². The normalized spacial score (nSPS) is 23.1. The van der Waals surface area contributed by atoms with Gasteiger partial charge in [-0.15, -0.1) is 0 Å². The molecule has 2 amide bonds. The predicted molar refractivity (Wildman–Crippen MR) is 89.2 cm³/mol. The Morgan fingerprint density at radius 2 is 2.26 bits per heavy atom. The van der Waals surface area contributed by atoms with Crippen LogP contribution in [0.1, 0.15) is 31.9 Å². The fraction of sp³-hybridized carbons (Fsp3) is 0.750. The highest BCUT2D eigenvalue weighted by Gasteiger charge is 2.28. The van der Waals surface area contributed by atoms with Gasteiger partial charge in [0, 0.05) is 38.4 Å². The van der Waals surface area contributed by atoms with Gasteiger partial charge in [-0.2, -0.15) is 5.10 Å². The Labute approximate surface area is 138 Å². The van der Waals surface area contributed by atoms with Crippen LogP contribution in [0.15, 0.2) is 12.4 Å². The van der Waals surface area contributed by atoms with Gasteiger partial charge >= 0.3 is 6.03 Å². The largest absolute Gasteiger partial charge is 0.372 e. The van der Waals surface area contributed by atoms with Crippen molar-refractivity contribution in [3.8, 4) is 0 Å². The summed E-state index contributed by atoms with van der Waals surface area (Å²) >= 11 is 0. The Kier molecular flexibility index (Phi) is 6.01. The third-order valence-electron chi connectivity index (χ3n) is 4.25. The molecular formula is C16H29N5O2. The fourth-order valence-corrected chi connectivity index (χ4v) is 2.94. The quantitative estimate of drug-likeness (QED) is 0.885. The summed E-state index contributed by atoms with van der Waals surface area (Å²) < 4.78 is 7.59. The van der Waals surface area contributed by atoms with Gasteiger partial charge in [0.15, 0.2) is 0 Å². The van der Waals surface area contributed by atoms with Crippen LogP contribution in [0.4, 0.5) is 4.79 Å². The van der Waals surface area contributed by atoms with Crippen molar-refractivity contribution in [1.82, 2.24) is 24.9 Å². The van der Waals surface area contributed by atoms with Crippen molar-refractivity contribution < 1.29 is 9.53 Å². The van der Waals surface area contributed by atoms with Gasteiger partial charge in [0.25, 0.3) is 0 Å². The molecule has 130 valence electrons. The Hall–Kier alpha value is -1.60. The van der Waals surface area contributed by atoms with Crippen molar-refractivity contribution in [3.63, 3.8) is 0 Å². The van der Waals surface area contributed by atoms with E-state index in [2.05, 4.69) is 22.2 Å². The van der Waals surface area contributed by atoms with Crippen LogP contribution in [0.25, 0.3) is 0 Å². The van der Waals surface area contributed by atoms with E-state index in [0.29, 0.717) is 19.6 Å². The number of carbonyl (C=O) groups is 1. The summed E-state index contributed by atoms with van der Waals surface area (Å²) in [5.74, 6) is 0. The Balaban J connectivity index is 1.93. The van der Waals surface area contributed by atoms with Gasteiger partial charge in [-0.05, 0) is 27.4 Å². The van der Waals surface area contributed by atoms with Crippen LogP contribution in [0.5, 0.6) is 0 Å². The van der Waals surface area contributed by atoms with E-state index in [1.165, 1.54) is 0 Å². The molecule has 0 unspecified atom stereocenters. The first-order valence-electron chi connectivity index (χ1n) is 8.23. The van der Waals surface area contributed by atoms with E-state index in [4.69, 9.17) is 4.74 Å². The molecule has 2 heterocycles. The maximum absolute atomic E-state index is 12.5. The SMILES string of the molecule is CC[C@@H]1CN(C(=O)NC[C@H](c2cnn(C)c2)N(C)C)C[C@@H](C)O1. The van der Waals surface area contributed by atoms with Crippen molar-refractivity contribution in [1.29, 1.82) is 0 Å². The average molecular weight is 323 g/mol. The third kappa shape index (κ3) is 4.68. The summed E-state index contributed by atoms with van der Waals surface area (Å²) in [6, 6.07) is 0.0856. The van der Waals surface area contributed by atoms with Crippen LogP contribution in [-0.4, -0.2) is 71.5 Å². The summed E-state index contributed by atoms with van der Waals surface area (Å²) in [4.78, 5) is 16.4. The molecule has 1 saturated heterocycles. The zero-order valence-electron chi connectivity index (χ0n) is 14.8. The second kappa shape index (κ2) is 7.79. The molecule has 1 fully saturated rings. The first kappa shape index (κ1) is 17.7. The Morgan fingerprint density at radius 1 is 1.52 bits per heavy atom. The molecule has 2 rings (SSSR count). The molecule has 23 heavy (non-hydrogen) atoms. The number of urea groups is 1. The predicted octanol–water partition coefficient (Wildman–Crippen LogP) is 1.23. The van der Waals surface area contributed by atoms with Crippen LogP contribution in [-0.2, 0) is 11.8 Å².